The molecule has 6 heteroatoms. The van der Waals surface area contributed by atoms with Gasteiger partial charge in [0.15, 0.2) is 0 Å². The predicted octanol–water partition coefficient (Wildman–Crippen LogP) is 3.06. The minimum atomic E-state index is -5.56. The number of alkyl halides is 5. The van der Waals surface area contributed by atoms with E-state index in [1.165, 1.54) is 0 Å². The SMILES string of the molecule is [CH3][Ge]([CH3])([CH3])[C]#CC(F)(F)C(F)(F)F. The molecule has 0 aromatic heterocycles. The van der Waals surface area contributed by atoms with E-state index in [1.54, 1.807) is 17.3 Å². The molecule has 0 rings (SSSR count). The molecule has 0 saturated carbocycles. The van der Waals surface area contributed by atoms with Crippen LogP contribution in [0, 0.1) is 10.7 Å². The summed E-state index contributed by atoms with van der Waals surface area (Å²) < 4.78 is 61.2. The van der Waals surface area contributed by atoms with Crippen LogP contribution >= 0.6 is 0 Å². The summed E-state index contributed by atoms with van der Waals surface area (Å²) in [6, 6.07) is 0. The molecule has 0 aliphatic carbocycles. The first-order valence-corrected chi connectivity index (χ1v) is 10.8. The molecular weight excluding hydrogens is 252 g/mol. The summed E-state index contributed by atoms with van der Waals surface area (Å²) in [6.07, 6.45) is -5.56. The number of rotatable bonds is 0. The molecule has 0 atom stereocenters. The molecule has 0 bridgehead atoms. The van der Waals surface area contributed by atoms with E-state index >= 15 is 0 Å². The van der Waals surface area contributed by atoms with Crippen LogP contribution in [0.25, 0.3) is 0 Å². The summed E-state index contributed by atoms with van der Waals surface area (Å²) >= 11 is -2.65. The maximum atomic E-state index is 12.2. The van der Waals surface area contributed by atoms with Gasteiger partial charge in [0.25, 0.3) is 0 Å². The third-order valence-electron chi connectivity index (χ3n) is 0.951. The van der Waals surface area contributed by atoms with E-state index < -0.39 is 25.4 Å². The fourth-order valence-electron chi connectivity index (χ4n) is 0.337. The molecule has 0 fully saturated rings. The molecule has 76 valence electrons. The van der Waals surface area contributed by atoms with Crippen molar-refractivity contribution in [2.75, 3.05) is 0 Å². The van der Waals surface area contributed by atoms with Gasteiger partial charge in [0.2, 0.25) is 0 Å². The Bertz CT molecular complexity index is 236. The first-order chi connectivity index (χ1) is 5.46. The van der Waals surface area contributed by atoms with Crippen molar-refractivity contribution in [2.45, 2.75) is 29.4 Å². The molecule has 13 heavy (non-hydrogen) atoms. The van der Waals surface area contributed by atoms with Crippen molar-refractivity contribution in [1.82, 2.24) is 0 Å². The van der Waals surface area contributed by atoms with Gasteiger partial charge in [-0.15, -0.1) is 0 Å². The Morgan fingerprint density at radius 1 is 0.923 bits per heavy atom. The van der Waals surface area contributed by atoms with Crippen molar-refractivity contribution in [1.29, 1.82) is 0 Å². The van der Waals surface area contributed by atoms with E-state index in [1.807, 2.05) is 4.75 Å². The van der Waals surface area contributed by atoms with Crippen LogP contribution in [0.2, 0.25) is 17.3 Å². The Hall–Kier alpha value is -0.247. The minimum absolute atomic E-state index is 1.01. The maximum absolute atomic E-state index is 12.2. The topological polar surface area (TPSA) is 0 Å². The summed E-state index contributed by atoms with van der Waals surface area (Å²) in [5, 5.41) is 0. The van der Waals surface area contributed by atoms with Crippen LogP contribution in [0.5, 0.6) is 0 Å². The van der Waals surface area contributed by atoms with Gasteiger partial charge in [-0.2, -0.15) is 0 Å². The standard InChI is InChI=1S/C7H9F5Ge/c1-13(2,3)5-4-6(8,9)7(10,11)12/h1-3H3. The Kier molecular flexibility index (Phi) is 3.42. The summed E-state index contributed by atoms with van der Waals surface area (Å²) in [7, 11) is 0. The molecular formula is C7H9F5Ge. The van der Waals surface area contributed by atoms with Crippen LogP contribution in [0.4, 0.5) is 22.0 Å². The Labute approximate surface area is 75.9 Å². The summed E-state index contributed by atoms with van der Waals surface area (Å²) in [6.45, 7) is 0. The third kappa shape index (κ3) is 4.50. The second-order valence-corrected chi connectivity index (χ2v) is 13.5. The van der Waals surface area contributed by atoms with Gasteiger partial charge in [-0.1, -0.05) is 0 Å². The van der Waals surface area contributed by atoms with Gasteiger partial charge in [0.05, 0.1) is 0 Å². The van der Waals surface area contributed by atoms with Crippen molar-refractivity contribution in [3.63, 3.8) is 0 Å². The molecule has 0 aromatic rings. The van der Waals surface area contributed by atoms with Crippen LogP contribution in [-0.4, -0.2) is 25.4 Å². The zero-order chi connectivity index (χ0) is 10.9. The van der Waals surface area contributed by atoms with Gasteiger partial charge < -0.3 is 0 Å². The van der Waals surface area contributed by atoms with E-state index in [2.05, 4.69) is 0 Å². The van der Waals surface area contributed by atoms with Crippen LogP contribution in [0.15, 0.2) is 0 Å². The molecule has 0 aliphatic heterocycles. The van der Waals surface area contributed by atoms with E-state index in [0.717, 1.165) is 5.92 Å². The van der Waals surface area contributed by atoms with Gasteiger partial charge in [-0.3, -0.25) is 0 Å². The summed E-state index contributed by atoms with van der Waals surface area (Å²) in [5.41, 5.74) is 0. The quantitative estimate of drug-likeness (QED) is 0.357. The van der Waals surface area contributed by atoms with Gasteiger partial charge in [-0.25, -0.2) is 0 Å². The molecule has 0 amide bonds. The Balaban J connectivity index is 4.77. The van der Waals surface area contributed by atoms with Gasteiger partial charge in [-0.05, 0) is 0 Å². The predicted molar refractivity (Wildman–Crippen MR) is 42.1 cm³/mol. The number of hydrogen-bond acceptors (Lipinski definition) is 0. The van der Waals surface area contributed by atoms with Crippen molar-refractivity contribution >= 4 is 13.3 Å². The first-order valence-electron chi connectivity index (χ1n) is 3.44. The van der Waals surface area contributed by atoms with E-state index in [4.69, 9.17) is 0 Å². The molecule has 0 N–H and O–H groups in total. The fraction of sp³-hybridized carbons (Fsp3) is 0.714. The molecule has 0 saturated heterocycles. The molecule has 0 nitrogen and oxygen atoms in total. The van der Waals surface area contributed by atoms with E-state index in [0.29, 0.717) is 0 Å². The van der Waals surface area contributed by atoms with E-state index in [9.17, 15) is 22.0 Å². The normalized spacial score (nSPS) is 13.5. The molecule has 0 aromatic carbocycles. The van der Waals surface area contributed by atoms with Crippen molar-refractivity contribution in [2.24, 2.45) is 0 Å². The zero-order valence-corrected chi connectivity index (χ0v) is 9.49. The van der Waals surface area contributed by atoms with Crippen LogP contribution in [0.1, 0.15) is 0 Å². The van der Waals surface area contributed by atoms with Crippen molar-refractivity contribution in [3.8, 4) is 10.7 Å². The molecule has 0 spiro atoms. The average Bonchev–Trinajstić information content (AvgIpc) is 1.79. The second-order valence-electron chi connectivity index (χ2n) is 3.57. The van der Waals surface area contributed by atoms with Gasteiger partial charge in [0, 0.05) is 0 Å². The molecule has 0 heterocycles. The summed E-state index contributed by atoms with van der Waals surface area (Å²) in [5.74, 6) is 1.06. The van der Waals surface area contributed by atoms with Crippen LogP contribution < -0.4 is 0 Å². The number of hydrogen-bond donors (Lipinski definition) is 0. The van der Waals surface area contributed by atoms with Crippen molar-refractivity contribution < 1.29 is 22.0 Å². The van der Waals surface area contributed by atoms with E-state index in [-0.39, 0.29) is 0 Å². The second kappa shape index (κ2) is 3.48. The van der Waals surface area contributed by atoms with Crippen molar-refractivity contribution in [3.05, 3.63) is 0 Å². The Morgan fingerprint density at radius 2 is 1.31 bits per heavy atom. The number of halogens is 5. The van der Waals surface area contributed by atoms with Gasteiger partial charge >= 0.3 is 75.3 Å². The molecule has 0 radical (unpaired) electrons. The fourth-order valence-corrected chi connectivity index (χ4v) is 1.45. The van der Waals surface area contributed by atoms with Crippen LogP contribution in [0.3, 0.4) is 0 Å². The monoisotopic (exact) mass is 262 g/mol. The summed E-state index contributed by atoms with van der Waals surface area (Å²) in [4.78, 5) is 0. The van der Waals surface area contributed by atoms with Crippen LogP contribution in [-0.2, 0) is 0 Å². The molecule has 0 unspecified atom stereocenters. The van der Waals surface area contributed by atoms with Gasteiger partial charge in [0.1, 0.15) is 0 Å². The third-order valence-corrected chi connectivity index (χ3v) is 2.79. The molecule has 0 aliphatic rings. The Morgan fingerprint density at radius 3 is 1.54 bits per heavy atom. The average molecular weight is 261 g/mol. The zero-order valence-electron chi connectivity index (χ0n) is 7.39. The first kappa shape index (κ1) is 12.8.